The molecule has 5 heteroatoms. The van der Waals surface area contributed by atoms with Gasteiger partial charge in [-0.1, -0.05) is 18.2 Å². The Morgan fingerprint density at radius 2 is 1.86 bits per heavy atom. The van der Waals surface area contributed by atoms with Gasteiger partial charge < -0.3 is 14.8 Å². The molecular formula is C17H22N4O. The number of rotatable bonds is 3. The van der Waals surface area contributed by atoms with Gasteiger partial charge in [0.05, 0.1) is 5.92 Å². The van der Waals surface area contributed by atoms with Gasteiger partial charge in [-0.05, 0) is 26.0 Å². The largest absolute Gasteiger partial charge is 0.368 e. The Hall–Kier alpha value is -2.30. The summed E-state index contributed by atoms with van der Waals surface area (Å²) in [4.78, 5) is 24.3. The van der Waals surface area contributed by atoms with Gasteiger partial charge in [0.2, 0.25) is 5.91 Å². The highest BCUT2D eigenvalue weighted by atomic mass is 16.2. The van der Waals surface area contributed by atoms with Crippen molar-refractivity contribution < 1.29 is 4.79 Å². The number of hydrogen-bond acceptors (Lipinski definition) is 3. The summed E-state index contributed by atoms with van der Waals surface area (Å²) in [5.41, 5.74) is 2.22. The molecule has 1 aliphatic heterocycles. The molecule has 3 rings (SSSR count). The van der Waals surface area contributed by atoms with Crippen LogP contribution in [0.25, 0.3) is 0 Å². The predicted octanol–water partition coefficient (Wildman–Crippen LogP) is 2.17. The van der Waals surface area contributed by atoms with E-state index in [1.807, 2.05) is 36.9 Å². The van der Waals surface area contributed by atoms with Crippen LogP contribution < -0.4 is 4.90 Å². The van der Waals surface area contributed by atoms with Crippen LogP contribution >= 0.6 is 0 Å². The fraction of sp³-hybridized carbons (Fsp3) is 0.412. The number of aryl methyl sites for hydroxylation is 1. The zero-order valence-corrected chi connectivity index (χ0v) is 13.1. The summed E-state index contributed by atoms with van der Waals surface area (Å²) in [6, 6.07) is 10.4. The SMILES string of the molecule is Cc1cnc(C(C)C(=O)N2CCN(c3ccccc3)CC2)[nH]1. The molecule has 1 amide bonds. The standard InChI is InChI=1S/C17H22N4O/c1-13-12-18-16(19-13)14(2)17(22)21-10-8-20(9-11-21)15-6-4-3-5-7-15/h3-7,12,14H,8-11H2,1-2H3,(H,18,19). The molecule has 2 heterocycles. The average molecular weight is 298 g/mol. The zero-order valence-electron chi connectivity index (χ0n) is 13.1. The third-order valence-corrected chi connectivity index (χ3v) is 4.22. The minimum Gasteiger partial charge on any atom is -0.368 e. The van der Waals surface area contributed by atoms with Gasteiger partial charge in [0, 0.05) is 43.8 Å². The number of nitrogens with zero attached hydrogens (tertiary/aromatic N) is 3. The lowest BCUT2D eigenvalue weighted by Crippen LogP contribution is -2.49. The molecule has 1 saturated heterocycles. The fourth-order valence-electron chi connectivity index (χ4n) is 2.87. The normalized spacial score (nSPS) is 16.6. The van der Waals surface area contributed by atoms with Crippen LogP contribution in [0.2, 0.25) is 0 Å². The van der Waals surface area contributed by atoms with Crippen LogP contribution in [-0.4, -0.2) is 47.0 Å². The lowest BCUT2D eigenvalue weighted by atomic mass is 10.1. The molecule has 0 saturated carbocycles. The predicted molar refractivity (Wildman–Crippen MR) is 87.0 cm³/mol. The van der Waals surface area contributed by atoms with E-state index >= 15 is 0 Å². The van der Waals surface area contributed by atoms with E-state index in [0.29, 0.717) is 0 Å². The Labute approximate surface area is 131 Å². The van der Waals surface area contributed by atoms with Crippen molar-refractivity contribution in [1.29, 1.82) is 0 Å². The molecule has 2 aromatic rings. The summed E-state index contributed by atoms with van der Waals surface area (Å²) in [5.74, 6) is 0.701. The monoisotopic (exact) mass is 298 g/mol. The number of carbonyl (C=O) groups is 1. The van der Waals surface area contributed by atoms with Crippen LogP contribution in [0.1, 0.15) is 24.4 Å². The number of amides is 1. The van der Waals surface area contributed by atoms with Crippen LogP contribution in [0, 0.1) is 6.92 Å². The van der Waals surface area contributed by atoms with Gasteiger partial charge in [-0.25, -0.2) is 4.98 Å². The Morgan fingerprint density at radius 3 is 2.45 bits per heavy atom. The second-order valence-corrected chi connectivity index (χ2v) is 5.82. The van der Waals surface area contributed by atoms with E-state index in [1.165, 1.54) is 5.69 Å². The third-order valence-electron chi connectivity index (χ3n) is 4.22. The molecule has 1 atom stereocenters. The van der Waals surface area contributed by atoms with Crippen LogP contribution in [-0.2, 0) is 4.79 Å². The number of imidazole rings is 1. The van der Waals surface area contributed by atoms with E-state index in [9.17, 15) is 4.79 Å². The van der Waals surface area contributed by atoms with Gasteiger partial charge in [0.15, 0.2) is 0 Å². The number of anilines is 1. The van der Waals surface area contributed by atoms with E-state index in [2.05, 4.69) is 27.0 Å². The molecule has 1 unspecified atom stereocenters. The van der Waals surface area contributed by atoms with E-state index in [0.717, 1.165) is 37.7 Å². The molecule has 116 valence electrons. The van der Waals surface area contributed by atoms with Crippen molar-refractivity contribution in [2.45, 2.75) is 19.8 Å². The summed E-state index contributed by atoms with van der Waals surface area (Å²) in [6.45, 7) is 7.14. The molecule has 1 N–H and O–H groups in total. The van der Waals surface area contributed by atoms with E-state index < -0.39 is 0 Å². The summed E-state index contributed by atoms with van der Waals surface area (Å²) in [6.07, 6.45) is 1.77. The molecule has 1 aromatic heterocycles. The highest BCUT2D eigenvalue weighted by molar-refractivity contribution is 5.82. The number of para-hydroxylation sites is 1. The topological polar surface area (TPSA) is 52.2 Å². The van der Waals surface area contributed by atoms with Gasteiger partial charge in [-0.15, -0.1) is 0 Å². The quantitative estimate of drug-likeness (QED) is 0.945. The second-order valence-electron chi connectivity index (χ2n) is 5.82. The summed E-state index contributed by atoms with van der Waals surface area (Å²) < 4.78 is 0. The van der Waals surface area contributed by atoms with Gasteiger partial charge >= 0.3 is 0 Å². The number of piperazine rings is 1. The molecule has 22 heavy (non-hydrogen) atoms. The first-order chi connectivity index (χ1) is 10.6. The maximum Gasteiger partial charge on any atom is 0.233 e. The fourth-order valence-corrected chi connectivity index (χ4v) is 2.87. The zero-order chi connectivity index (χ0) is 15.5. The van der Waals surface area contributed by atoms with E-state index in [4.69, 9.17) is 0 Å². The van der Waals surface area contributed by atoms with Gasteiger partial charge in [0.1, 0.15) is 5.82 Å². The molecule has 1 fully saturated rings. The summed E-state index contributed by atoms with van der Waals surface area (Å²) >= 11 is 0. The average Bonchev–Trinajstić information content (AvgIpc) is 3.01. The van der Waals surface area contributed by atoms with Gasteiger partial charge in [-0.3, -0.25) is 4.79 Å². The molecule has 0 aliphatic carbocycles. The summed E-state index contributed by atoms with van der Waals surface area (Å²) in [5, 5.41) is 0. The third kappa shape index (κ3) is 2.98. The molecular weight excluding hydrogens is 276 g/mol. The van der Waals surface area contributed by atoms with Crippen LogP contribution in [0.5, 0.6) is 0 Å². The van der Waals surface area contributed by atoms with Crippen LogP contribution in [0.15, 0.2) is 36.5 Å². The lowest BCUT2D eigenvalue weighted by molar-refractivity contribution is -0.132. The first-order valence-corrected chi connectivity index (χ1v) is 7.75. The Bertz CT molecular complexity index is 629. The first kappa shape index (κ1) is 14.6. The van der Waals surface area contributed by atoms with E-state index in [1.54, 1.807) is 6.20 Å². The number of carbonyl (C=O) groups excluding carboxylic acids is 1. The minimum absolute atomic E-state index is 0.155. The first-order valence-electron chi connectivity index (χ1n) is 7.75. The number of aromatic nitrogens is 2. The van der Waals surface area contributed by atoms with E-state index in [-0.39, 0.29) is 11.8 Å². The number of aromatic amines is 1. The van der Waals surface area contributed by atoms with Crippen molar-refractivity contribution in [2.75, 3.05) is 31.1 Å². The number of nitrogens with one attached hydrogen (secondary N) is 1. The second kappa shape index (κ2) is 6.22. The van der Waals surface area contributed by atoms with Gasteiger partial charge in [-0.2, -0.15) is 0 Å². The highest BCUT2D eigenvalue weighted by Gasteiger charge is 2.27. The Balaban J connectivity index is 1.60. The lowest BCUT2D eigenvalue weighted by Gasteiger charge is -2.37. The van der Waals surface area contributed by atoms with Crippen LogP contribution in [0.3, 0.4) is 0 Å². The smallest absolute Gasteiger partial charge is 0.233 e. The summed E-state index contributed by atoms with van der Waals surface area (Å²) in [7, 11) is 0. The van der Waals surface area contributed by atoms with Crippen molar-refractivity contribution in [1.82, 2.24) is 14.9 Å². The van der Waals surface area contributed by atoms with Crippen molar-refractivity contribution in [3.05, 3.63) is 48.0 Å². The van der Waals surface area contributed by atoms with Crippen molar-refractivity contribution in [3.63, 3.8) is 0 Å². The Morgan fingerprint density at radius 1 is 1.18 bits per heavy atom. The minimum atomic E-state index is -0.211. The molecule has 0 spiro atoms. The molecule has 0 radical (unpaired) electrons. The number of benzene rings is 1. The van der Waals surface area contributed by atoms with Crippen molar-refractivity contribution in [3.8, 4) is 0 Å². The van der Waals surface area contributed by atoms with Crippen molar-refractivity contribution in [2.24, 2.45) is 0 Å². The Kier molecular flexibility index (Phi) is 4.13. The van der Waals surface area contributed by atoms with Crippen LogP contribution in [0.4, 0.5) is 5.69 Å². The molecule has 1 aromatic carbocycles. The number of hydrogen-bond donors (Lipinski definition) is 1. The molecule has 0 bridgehead atoms. The molecule has 1 aliphatic rings. The van der Waals surface area contributed by atoms with Crippen molar-refractivity contribution >= 4 is 11.6 Å². The number of H-pyrrole nitrogens is 1. The maximum atomic E-state index is 12.6. The van der Waals surface area contributed by atoms with Gasteiger partial charge in [0.25, 0.3) is 0 Å². The maximum absolute atomic E-state index is 12.6. The molecule has 5 nitrogen and oxygen atoms in total. The highest BCUT2D eigenvalue weighted by Crippen LogP contribution is 2.19.